The van der Waals surface area contributed by atoms with E-state index in [0.29, 0.717) is 18.1 Å². The van der Waals surface area contributed by atoms with Crippen LogP contribution in [0.15, 0.2) is 12.1 Å². The molecule has 0 spiro atoms. The monoisotopic (exact) mass is 231 g/mol. The maximum atomic E-state index is 8.96. The van der Waals surface area contributed by atoms with Gasteiger partial charge < -0.3 is 10.5 Å². The molecule has 0 aliphatic heterocycles. The number of hydrogen-bond acceptors (Lipinski definition) is 4. The van der Waals surface area contributed by atoms with Crippen molar-refractivity contribution in [3.8, 4) is 11.9 Å². The molecule has 1 aromatic heterocycles. The summed E-state index contributed by atoms with van der Waals surface area (Å²) in [5, 5.41) is 8.96. The summed E-state index contributed by atoms with van der Waals surface area (Å²) in [7, 11) is 0. The first-order valence-corrected chi connectivity index (χ1v) is 5.92. The van der Waals surface area contributed by atoms with Crippen molar-refractivity contribution >= 4 is 0 Å². The number of aromatic nitrogens is 1. The van der Waals surface area contributed by atoms with Crippen molar-refractivity contribution < 1.29 is 4.74 Å². The van der Waals surface area contributed by atoms with E-state index in [9.17, 15) is 0 Å². The van der Waals surface area contributed by atoms with Gasteiger partial charge in [0.25, 0.3) is 0 Å². The highest BCUT2D eigenvalue weighted by Gasteiger charge is 2.30. The van der Waals surface area contributed by atoms with Gasteiger partial charge >= 0.3 is 0 Å². The number of nitrogens with zero attached hydrogens (tertiary/aromatic N) is 2. The lowest BCUT2D eigenvalue weighted by Gasteiger charge is -2.23. The second-order valence-electron chi connectivity index (χ2n) is 4.78. The zero-order valence-electron chi connectivity index (χ0n) is 10.1. The first-order valence-electron chi connectivity index (χ1n) is 5.92. The second-order valence-corrected chi connectivity index (χ2v) is 4.78. The fourth-order valence-corrected chi connectivity index (χ4v) is 2.16. The van der Waals surface area contributed by atoms with Gasteiger partial charge in [0.05, 0.1) is 5.54 Å². The zero-order chi connectivity index (χ0) is 12.3. The first kappa shape index (κ1) is 11.9. The molecule has 2 rings (SSSR count). The van der Waals surface area contributed by atoms with Gasteiger partial charge in [-0.25, -0.2) is 4.98 Å². The normalized spacial score (nSPS) is 17.7. The SMILES string of the molecule is Cc1ccc(C#N)c(OCC2(N)CCCC2)n1. The molecule has 0 amide bonds. The topological polar surface area (TPSA) is 71.9 Å². The fourth-order valence-electron chi connectivity index (χ4n) is 2.16. The minimum absolute atomic E-state index is 0.238. The Labute approximate surface area is 101 Å². The first-order chi connectivity index (χ1) is 8.13. The van der Waals surface area contributed by atoms with Crippen molar-refractivity contribution in [3.05, 3.63) is 23.4 Å². The van der Waals surface area contributed by atoms with Crippen LogP contribution in [0, 0.1) is 18.3 Å². The van der Waals surface area contributed by atoms with Crippen molar-refractivity contribution in [2.45, 2.75) is 38.1 Å². The number of hydrogen-bond donors (Lipinski definition) is 1. The predicted octanol–water partition coefficient (Wildman–Crippen LogP) is 1.91. The lowest BCUT2D eigenvalue weighted by molar-refractivity contribution is 0.212. The average molecular weight is 231 g/mol. The molecule has 90 valence electrons. The summed E-state index contributed by atoms with van der Waals surface area (Å²) in [6.45, 7) is 2.32. The third-order valence-corrected chi connectivity index (χ3v) is 3.22. The molecule has 0 bridgehead atoms. The molecule has 1 aliphatic carbocycles. The summed E-state index contributed by atoms with van der Waals surface area (Å²) in [5.74, 6) is 0.407. The van der Waals surface area contributed by atoms with Gasteiger partial charge in [-0.2, -0.15) is 5.26 Å². The number of nitriles is 1. The lowest BCUT2D eigenvalue weighted by atomic mass is 10.0. The molecule has 1 aromatic rings. The Bertz CT molecular complexity index is 444. The van der Waals surface area contributed by atoms with Crippen LogP contribution < -0.4 is 10.5 Å². The average Bonchev–Trinajstić information content (AvgIpc) is 2.74. The zero-order valence-corrected chi connectivity index (χ0v) is 10.1. The van der Waals surface area contributed by atoms with Gasteiger partial charge in [-0.15, -0.1) is 0 Å². The third kappa shape index (κ3) is 2.75. The smallest absolute Gasteiger partial charge is 0.231 e. The van der Waals surface area contributed by atoms with Gasteiger partial charge in [0.2, 0.25) is 5.88 Å². The summed E-state index contributed by atoms with van der Waals surface area (Å²) in [5.41, 5.74) is 7.28. The Morgan fingerprint density at radius 2 is 2.18 bits per heavy atom. The van der Waals surface area contributed by atoms with Crippen LogP contribution >= 0.6 is 0 Å². The largest absolute Gasteiger partial charge is 0.475 e. The molecule has 17 heavy (non-hydrogen) atoms. The molecule has 1 heterocycles. The summed E-state index contributed by atoms with van der Waals surface area (Å²) < 4.78 is 5.64. The summed E-state index contributed by atoms with van der Waals surface area (Å²) >= 11 is 0. The van der Waals surface area contributed by atoms with E-state index in [1.807, 2.05) is 6.92 Å². The second kappa shape index (κ2) is 4.72. The minimum Gasteiger partial charge on any atom is -0.475 e. The van der Waals surface area contributed by atoms with E-state index in [4.69, 9.17) is 15.7 Å². The highest BCUT2D eigenvalue weighted by molar-refractivity contribution is 5.38. The number of rotatable bonds is 3. The molecular formula is C13H17N3O. The molecule has 0 unspecified atom stereocenters. The van der Waals surface area contributed by atoms with Crippen LogP contribution in [0.25, 0.3) is 0 Å². The Morgan fingerprint density at radius 1 is 1.47 bits per heavy atom. The number of pyridine rings is 1. The van der Waals surface area contributed by atoms with Crippen LogP contribution in [0.4, 0.5) is 0 Å². The van der Waals surface area contributed by atoms with Gasteiger partial charge in [0, 0.05) is 5.69 Å². The van der Waals surface area contributed by atoms with Gasteiger partial charge in [0.1, 0.15) is 18.2 Å². The molecule has 4 nitrogen and oxygen atoms in total. The van der Waals surface area contributed by atoms with E-state index >= 15 is 0 Å². The Balaban J connectivity index is 2.08. The van der Waals surface area contributed by atoms with Crippen molar-refractivity contribution in [1.29, 1.82) is 5.26 Å². The molecule has 1 fully saturated rings. The molecule has 0 saturated heterocycles. The maximum Gasteiger partial charge on any atom is 0.231 e. The predicted molar refractivity (Wildman–Crippen MR) is 64.6 cm³/mol. The van der Waals surface area contributed by atoms with Crippen LogP contribution in [0.3, 0.4) is 0 Å². The standard InChI is InChI=1S/C13H17N3O/c1-10-4-5-11(8-14)12(16-10)17-9-13(15)6-2-3-7-13/h4-5H,2-3,6-7,9,15H2,1H3. The fraction of sp³-hybridized carbons (Fsp3) is 0.538. The molecule has 0 radical (unpaired) electrons. The highest BCUT2D eigenvalue weighted by Crippen LogP contribution is 2.28. The van der Waals surface area contributed by atoms with Gasteiger partial charge in [-0.1, -0.05) is 12.8 Å². The van der Waals surface area contributed by atoms with Crippen molar-refractivity contribution in [1.82, 2.24) is 4.98 Å². The molecular weight excluding hydrogens is 214 g/mol. The molecule has 1 aliphatic rings. The number of nitrogens with two attached hydrogens (primary N) is 1. The van der Waals surface area contributed by atoms with Crippen molar-refractivity contribution in [2.75, 3.05) is 6.61 Å². The van der Waals surface area contributed by atoms with Crippen LogP contribution in [-0.2, 0) is 0 Å². The van der Waals surface area contributed by atoms with E-state index in [2.05, 4.69) is 11.1 Å². The van der Waals surface area contributed by atoms with Gasteiger partial charge in [-0.3, -0.25) is 0 Å². The van der Waals surface area contributed by atoms with E-state index in [-0.39, 0.29) is 5.54 Å². The maximum absolute atomic E-state index is 8.96. The lowest BCUT2D eigenvalue weighted by Crippen LogP contribution is -2.42. The third-order valence-electron chi connectivity index (χ3n) is 3.22. The van der Waals surface area contributed by atoms with Crippen LogP contribution in [-0.4, -0.2) is 17.1 Å². The van der Waals surface area contributed by atoms with Crippen LogP contribution in [0.1, 0.15) is 36.9 Å². The van der Waals surface area contributed by atoms with Gasteiger partial charge in [0.15, 0.2) is 0 Å². The number of aryl methyl sites for hydroxylation is 1. The Hall–Kier alpha value is -1.60. The van der Waals surface area contributed by atoms with Crippen LogP contribution in [0.2, 0.25) is 0 Å². The minimum atomic E-state index is -0.238. The molecule has 1 saturated carbocycles. The van der Waals surface area contributed by atoms with E-state index in [0.717, 1.165) is 31.4 Å². The molecule has 0 atom stereocenters. The summed E-state index contributed by atoms with van der Waals surface area (Å²) in [6, 6.07) is 5.62. The van der Waals surface area contributed by atoms with Crippen LogP contribution in [0.5, 0.6) is 5.88 Å². The van der Waals surface area contributed by atoms with E-state index in [1.54, 1.807) is 12.1 Å². The molecule has 0 aromatic carbocycles. The number of ether oxygens (including phenoxy) is 1. The molecule has 4 heteroatoms. The van der Waals surface area contributed by atoms with Crippen molar-refractivity contribution in [2.24, 2.45) is 5.73 Å². The quantitative estimate of drug-likeness (QED) is 0.862. The van der Waals surface area contributed by atoms with Gasteiger partial charge in [-0.05, 0) is 31.9 Å². The summed E-state index contributed by atoms with van der Waals surface area (Å²) in [4.78, 5) is 4.24. The van der Waals surface area contributed by atoms with E-state index in [1.165, 1.54) is 0 Å². The molecule has 2 N–H and O–H groups in total. The van der Waals surface area contributed by atoms with E-state index < -0.39 is 0 Å². The summed E-state index contributed by atoms with van der Waals surface area (Å²) in [6.07, 6.45) is 4.29. The Kier molecular flexibility index (Phi) is 3.30. The highest BCUT2D eigenvalue weighted by atomic mass is 16.5. The Morgan fingerprint density at radius 3 is 2.82 bits per heavy atom. The van der Waals surface area contributed by atoms with Crippen molar-refractivity contribution in [3.63, 3.8) is 0 Å².